The van der Waals surface area contributed by atoms with Crippen molar-refractivity contribution in [1.82, 2.24) is 0 Å². The first-order valence-corrected chi connectivity index (χ1v) is 3.34. The van der Waals surface area contributed by atoms with E-state index in [0.29, 0.717) is 0 Å². The summed E-state index contributed by atoms with van der Waals surface area (Å²) in [6.07, 6.45) is 0. The molecule has 0 aliphatic carbocycles. The number of nitriles is 4. The van der Waals surface area contributed by atoms with Gasteiger partial charge in [-0.2, -0.15) is 0 Å². The van der Waals surface area contributed by atoms with Gasteiger partial charge in [0.05, 0.1) is 0 Å². The summed E-state index contributed by atoms with van der Waals surface area (Å²) in [5.41, 5.74) is 0. The molecule has 0 atom stereocenters. The minimum absolute atomic E-state index is 0. The first kappa shape index (κ1) is 36.7. The zero-order valence-electron chi connectivity index (χ0n) is 6.51. The summed E-state index contributed by atoms with van der Waals surface area (Å²) >= 11 is 14.8. The van der Waals surface area contributed by atoms with Crippen molar-refractivity contribution < 1.29 is 44.4 Å². The van der Waals surface area contributed by atoms with E-state index in [2.05, 4.69) is 50.5 Å². The van der Waals surface area contributed by atoms with Gasteiger partial charge >= 0.3 is 44.4 Å². The van der Waals surface area contributed by atoms with Crippen molar-refractivity contribution in [2.75, 3.05) is 0 Å². The Morgan fingerprint density at radius 2 is 0.571 bits per heavy atom. The number of hydrogen-bond donors (Lipinski definition) is 0. The van der Waals surface area contributed by atoms with Gasteiger partial charge in [0.15, 0.2) is 0 Å². The third kappa shape index (κ3) is 19700. The van der Waals surface area contributed by atoms with Gasteiger partial charge in [-0.15, -0.1) is 0 Å². The molecule has 1 radical (unpaired) electrons. The van der Waals surface area contributed by atoms with Crippen molar-refractivity contribution in [2.24, 2.45) is 0 Å². The van der Waals surface area contributed by atoms with Crippen molar-refractivity contribution in [3.05, 3.63) is 0 Å². The maximum atomic E-state index is 7.13. The van der Waals surface area contributed by atoms with Crippen molar-refractivity contribution in [3.63, 3.8) is 0 Å². The molecule has 0 saturated carbocycles. The van der Waals surface area contributed by atoms with E-state index in [4.69, 9.17) is 21.0 Å². The van der Waals surface area contributed by atoms with Crippen molar-refractivity contribution in [2.45, 2.75) is 0 Å². The third-order valence-electron chi connectivity index (χ3n) is 0. The minimum atomic E-state index is 0. The molecule has 14 heavy (non-hydrogen) atoms. The van der Waals surface area contributed by atoms with Gasteiger partial charge in [-0.1, -0.05) is 21.6 Å². The topological polar surface area (TPSA) is 95.2 Å². The molecule has 0 aliphatic heterocycles. The fourth-order valence-corrected chi connectivity index (χ4v) is 0. The number of thiocyanates is 4. The van der Waals surface area contributed by atoms with Crippen LogP contribution in [-0.4, -0.2) is 0 Å². The van der Waals surface area contributed by atoms with Crippen LogP contribution in [0.5, 0.6) is 0 Å². The van der Waals surface area contributed by atoms with Gasteiger partial charge in [0.25, 0.3) is 0 Å². The van der Waals surface area contributed by atoms with Crippen molar-refractivity contribution in [3.8, 4) is 21.6 Å². The van der Waals surface area contributed by atoms with E-state index in [0.717, 1.165) is 0 Å². The molecule has 0 saturated heterocycles. The van der Waals surface area contributed by atoms with E-state index in [9.17, 15) is 0 Å². The Bertz CT molecular complexity index is 163. The average Bonchev–Trinajstić information content (AvgIpc) is 1.92. The molecule has 0 aromatic carbocycles. The van der Waals surface area contributed by atoms with Gasteiger partial charge in [-0.05, 0) is 0 Å². The Labute approximate surface area is 136 Å². The molecule has 4 nitrogen and oxygen atoms in total. The van der Waals surface area contributed by atoms with Crippen LogP contribution in [0.15, 0.2) is 0 Å². The number of rotatable bonds is 0. The molecule has 0 unspecified atom stereocenters. The summed E-state index contributed by atoms with van der Waals surface area (Å²) < 4.78 is 0. The second kappa shape index (κ2) is 109. The maximum absolute atomic E-state index is 7.13. The molecule has 10 heteroatoms. The second-order valence-corrected chi connectivity index (χ2v) is 1.10. The Morgan fingerprint density at radius 3 is 0.571 bits per heavy atom. The van der Waals surface area contributed by atoms with Crippen LogP contribution >= 0.6 is 0 Å². The zero-order chi connectivity index (χ0) is 10.8. The van der Waals surface area contributed by atoms with Gasteiger partial charge < -0.3 is 50.5 Å². The van der Waals surface area contributed by atoms with Crippen LogP contribution in [-0.2, 0) is 94.9 Å². The fourth-order valence-electron chi connectivity index (χ4n) is 0. The summed E-state index contributed by atoms with van der Waals surface area (Å²) in [6.45, 7) is 0. The smallest absolute Gasteiger partial charge is 0.696 e. The molecule has 0 N–H and O–H groups in total. The van der Waals surface area contributed by atoms with Gasteiger partial charge in [0, 0.05) is 0 Å². The molecule has 0 bridgehead atoms. The minimum Gasteiger partial charge on any atom is -0.696 e. The monoisotopic (exact) mass is 401 g/mol. The first-order chi connectivity index (χ1) is 5.66. The quantitative estimate of drug-likeness (QED) is 0.320. The normalized spacial score (nSPS) is 2.00. The summed E-state index contributed by atoms with van der Waals surface area (Å²) in [5.74, 6) is 0. The molecular formula is C4CdMnN4S4. The first-order valence-electron chi connectivity index (χ1n) is 1.71. The van der Waals surface area contributed by atoms with Crippen LogP contribution < -0.4 is 0 Å². The Kier molecular flexibility index (Phi) is 287. The van der Waals surface area contributed by atoms with Gasteiger partial charge in [0.1, 0.15) is 0 Å². The molecule has 0 aromatic rings. The molecule has 0 heterocycles. The number of nitrogens with zero attached hydrogens (tertiary/aromatic N) is 4. The maximum Gasteiger partial charge on any atom is 2.00 e. The summed E-state index contributed by atoms with van der Waals surface area (Å²) in [6, 6.07) is 0. The molecule has 0 amide bonds. The third-order valence-corrected chi connectivity index (χ3v) is 0. The molecule has 69 valence electrons. The number of hydrogen-bond acceptors (Lipinski definition) is 8. The summed E-state index contributed by atoms with van der Waals surface area (Å²) in [7, 11) is 0. The molecular weight excluding hydrogens is 400 g/mol. The Hall–Kier alpha value is 0.282. The zero-order valence-corrected chi connectivity index (χ0v) is 15.0. The Balaban J connectivity index is -0.0000000145. The molecule has 0 aliphatic rings. The molecule has 0 rings (SSSR count). The Morgan fingerprint density at radius 1 is 0.571 bits per heavy atom. The predicted octanol–water partition coefficient (Wildman–Crippen LogP) is 0.0525. The van der Waals surface area contributed by atoms with Crippen LogP contribution in [0.1, 0.15) is 0 Å². The van der Waals surface area contributed by atoms with E-state index in [1.165, 1.54) is 21.6 Å². The summed E-state index contributed by atoms with van der Waals surface area (Å²) in [5, 5.41) is 33.9. The average molecular weight is 400 g/mol. The largest absolute Gasteiger partial charge is 2.00 e. The SMILES string of the molecule is N#C[S-].N#C[S-].N#C[S-].N#C[S-].[Cd+2].[Mn+2]. The van der Waals surface area contributed by atoms with Gasteiger partial charge in [0.2, 0.25) is 0 Å². The predicted molar refractivity (Wildman–Crippen MR) is 51.9 cm³/mol. The van der Waals surface area contributed by atoms with Crippen molar-refractivity contribution >= 4 is 50.5 Å². The van der Waals surface area contributed by atoms with E-state index in [1.54, 1.807) is 0 Å². The van der Waals surface area contributed by atoms with Crippen LogP contribution in [0.4, 0.5) is 0 Å². The second-order valence-electron chi connectivity index (χ2n) is 0.365. The molecule has 0 spiro atoms. The van der Waals surface area contributed by atoms with Crippen LogP contribution in [0.2, 0.25) is 0 Å². The van der Waals surface area contributed by atoms with E-state index < -0.39 is 0 Å². The fraction of sp³-hybridized carbons (Fsp3) is 0. The van der Waals surface area contributed by atoms with E-state index in [1.807, 2.05) is 0 Å². The van der Waals surface area contributed by atoms with E-state index in [-0.39, 0.29) is 44.4 Å². The standard InChI is InChI=1S/4CHNS.Cd.Mn/c4*2-1-3;;/h4*3H;;/q;;;;2*+2/p-4. The van der Waals surface area contributed by atoms with Crippen LogP contribution in [0.25, 0.3) is 0 Å². The summed E-state index contributed by atoms with van der Waals surface area (Å²) in [4.78, 5) is 0. The van der Waals surface area contributed by atoms with Gasteiger partial charge in [-0.3, -0.25) is 0 Å². The van der Waals surface area contributed by atoms with E-state index >= 15 is 0 Å². The van der Waals surface area contributed by atoms with Gasteiger partial charge in [-0.25, -0.2) is 21.0 Å². The molecule has 0 fully saturated rings. The van der Waals surface area contributed by atoms with Crippen LogP contribution in [0, 0.1) is 42.7 Å². The molecule has 0 aromatic heterocycles. The van der Waals surface area contributed by atoms with Crippen LogP contribution in [0.3, 0.4) is 0 Å². The van der Waals surface area contributed by atoms with Crippen molar-refractivity contribution in [1.29, 1.82) is 21.0 Å².